The lowest BCUT2D eigenvalue weighted by Crippen LogP contribution is -2.32. The number of thiophene rings is 1. The summed E-state index contributed by atoms with van der Waals surface area (Å²) in [6.07, 6.45) is 2.50. The van der Waals surface area contributed by atoms with E-state index in [-0.39, 0.29) is 17.7 Å². The fourth-order valence-electron chi connectivity index (χ4n) is 5.62. The number of nitrogens with zero attached hydrogens (tertiary/aromatic N) is 1. The maximum absolute atomic E-state index is 13.5. The number of carbonyl (C=O) groups is 1. The van der Waals surface area contributed by atoms with Gasteiger partial charge in [-0.05, 0) is 46.8 Å². The average molecular weight is 509 g/mol. The normalized spacial score (nSPS) is 16.7. The smallest absolute Gasteiger partial charge is 0.163 e. The van der Waals surface area contributed by atoms with Gasteiger partial charge < -0.3 is 5.43 Å². The van der Waals surface area contributed by atoms with Gasteiger partial charge in [-0.2, -0.15) is 0 Å². The predicted molar refractivity (Wildman–Crippen MR) is 156 cm³/mol. The van der Waals surface area contributed by atoms with E-state index in [2.05, 4.69) is 88.8 Å². The molecule has 0 radical (unpaired) electrons. The number of para-hydroxylation sites is 1. The number of hydrogen-bond donors (Lipinski definition) is 1. The van der Waals surface area contributed by atoms with E-state index in [0.29, 0.717) is 6.42 Å². The molecule has 4 aromatic carbocycles. The minimum absolute atomic E-state index is 0.0743. The first-order valence-corrected chi connectivity index (χ1v) is 13.6. The van der Waals surface area contributed by atoms with Crippen LogP contribution in [0.3, 0.4) is 0 Å². The summed E-state index contributed by atoms with van der Waals surface area (Å²) in [6.45, 7) is 0. The molecule has 4 heteroatoms. The van der Waals surface area contributed by atoms with E-state index in [1.165, 1.54) is 15.5 Å². The Morgan fingerprint density at radius 3 is 2.47 bits per heavy atom. The number of rotatable bonds is 3. The topological polar surface area (TPSA) is 34.0 Å². The molecule has 182 valence electrons. The minimum Gasteiger partial charge on any atom is -0.318 e. The van der Waals surface area contributed by atoms with Crippen LogP contribution in [0.2, 0.25) is 0 Å². The Morgan fingerprint density at radius 2 is 1.55 bits per heavy atom. The molecule has 7 rings (SSSR count). The van der Waals surface area contributed by atoms with Crippen LogP contribution in [0.15, 0.2) is 115 Å². The molecular formula is C34H24N2OS. The van der Waals surface area contributed by atoms with Crippen molar-refractivity contribution in [2.75, 3.05) is 5.43 Å². The first-order chi connectivity index (χ1) is 18.8. The van der Waals surface area contributed by atoms with Crippen molar-refractivity contribution in [1.29, 1.82) is 0 Å². The summed E-state index contributed by atoms with van der Waals surface area (Å²) in [5, 5.41) is 2.35. The fourth-order valence-corrected chi connectivity index (χ4v) is 6.74. The Labute approximate surface area is 225 Å². The SMILES string of the molecule is O=C1C[C@@H](c2c(C#Cc3ccccc3)sc3ccccc23)[C@H](Nn2ccc3ccccc32)c2ccccc21. The van der Waals surface area contributed by atoms with E-state index in [1.807, 2.05) is 48.5 Å². The lowest BCUT2D eigenvalue weighted by Gasteiger charge is -2.35. The van der Waals surface area contributed by atoms with Crippen molar-refractivity contribution in [3.8, 4) is 11.8 Å². The molecule has 0 bridgehead atoms. The van der Waals surface area contributed by atoms with E-state index in [4.69, 9.17) is 0 Å². The molecule has 2 aromatic heterocycles. The van der Waals surface area contributed by atoms with Gasteiger partial charge in [0.2, 0.25) is 0 Å². The maximum atomic E-state index is 13.5. The van der Waals surface area contributed by atoms with Gasteiger partial charge in [-0.15, -0.1) is 11.3 Å². The number of benzene rings is 4. The summed E-state index contributed by atoms with van der Waals surface area (Å²) in [5.41, 5.74) is 8.89. The fraction of sp³-hybridized carbons (Fsp3) is 0.0882. The minimum atomic E-state index is -0.102. The number of fused-ring (bicyclic) bond motifs is 3. The number of nitrogens with one attached hydrogen (secondary N) is 1. The molecule has 0 aliphatic heterocycles. The molecule has 0 fully saturated rings. The number of Topliss-reactive ketones (excluding diaryl/α,β-unsaturated/α-hetero) is 1. The second kappa shape index (κ2) is 9.37. The Kier molecular flexibility index (Phi) is 5.57. The van der Waals surface area contributed by atoms with E-state index in [0.717, 1.165) is 32.6 Å². The molecule has 3 nitrogen and oxygen atoms in total. The third kappa shape index (κ3) is 3.89. The molecule has 2 atom stereocenters. The van der Waals surface area contributed by atoms with Crippen LogP contribution in [-0.4, -0.2) is 10.5 Å². The highest BCUT2D eigenvalue weighted by molar-refractivity contribution is 7.19. The van der Waals surface area contributed by atoms with E-state index in [9.17, 15) is 4.79 Å². The van der Waals surface area contributed by atoms with E-state index in [1.54, 1.807) is 11.3 Å². The zero-order valence-corrected chi connectivity index (χ0v) is 21.4. The Balaban J connectivity index is 1.41. The number of aromatic nitrogens is 1. The summed E-state index contributed by atoms with van der Waals surface area (Å²) in [4.78, 5) is 14.5. The Hall–Kier alpha value is -4.59. The Bertz CT molecular complexity index is 1870. The third-order valence-electron chi connectivity index (χ3n) is 7.38. The quantitative estimate of drug-likeness (QED) is 0.247. The molecule has 0 saturated heterocycles. The van der Waals surface area contributed by atoms with Crippen LogP contribution in [-0.2, 0) is 0 Å². The molecule has 1 N–H and O–H groups in total. The van der Waals surface area contributed by atoms with Crippen LogP contribution < -0.4 is 5.43 Å². The second-order valence-corrected chi connectivity index (χ2v) is 10.7. The summed E-state index contributed by atoms with van der Waals surface area (Å²) >= 11 is 1.71. The Morgan fingerprint density at radius 1 is 0.789 bits per heavy atom. The maximum Gasteiger partial charge on any atom is 0.163 e. The highest BCUT2D eigenvalue weighted by Gasteiger charge is 2.37. The van der Waals surface area contributed by atoms with Gasteiger partial charge in [-0.3, -0.25) is 9.47 Å². The van der Waals surface area contributed by atoms with Crippen molar-refractivity contribution in [2.24, 2.45) is 0 Å². The van der Waals surface area contributed by atoms with E-state index >= 15 is 0 Å². The van der Waals surface area contributed by atoms with Gasteiger partial charge >= 0.3 is 0 Å². The monoisotopic (exact) mass is 508 g/mol. The summed E-state index contributed by atoms with van der Waals surface area (Å²) in [7, 11) is 0. The lowest BCUT2D eigenvalue weighted by atomic mass is 9.75. The third-order valence-corrected chi connectivity index (χ3v) is 8.48. The molecule has 6 aromatic rings. The number of carbonyl (C=O) groups excluding carboxylic acids is 1. The highest BCUT2D eigenvalue weighted by Crippen LogP contribution is 2.47. The highest BCUT2D eigenvalue weighted by atomic mass is 32.1. The van der Waals surface area contributed by atoms with Crippen molar-refractivity contribution in [2.45, 2.75) is 18.4 Å². The van der Waals surface area contributed by atoms with Crippen molar-refractivity contribution in [3.63, 3.8) is 0 Å². The first kappa shape index (κ1) is 22.6. The van der Waals surface area contributed by atoms with Crippen LogP contribution in [0.4, 0.5) is 0 Å². The van der Waals surface area contributed by atoms with Gasteiger partial charge in [-0.25, -0.2) is 0 Å². The van der Waals surface area contributed by atoms with Crippen molar-refractivity contribution >= 4 is 38.1 Å². The van der Waals surface area contributed by atoms with Crippen LogP contribution in [0, 0.1) is 11.8 Å². The first-order valence-electron chi connectivity index (χ1n) is 12.8. The van der Waals surface area contributed by atoms with Crippen LogP contribution in [0.1, 0.15) is 50.3 Å². The number of hydrogen-bond acceptors (Lipinski definition) is 3. The second-order valence-electron chi connectivity index (χ2n) is 9.63. The zero-order chi connectivity index (χ0) is 25.5. The number of ketones is 1. The summed E-state index contributed by atoms with van der Waals surface area (Å²) in [6, 6.07) is 36.9. The standard InChI is InChI=1S/C34H24N2OS/c37-30-22-28(33-27-15-7-9-17-31(27)38-32(33)19-18-23-10-2-1-3-11-23)34(26-14-6-5-13-25(26)30)35-36-21-20-24-12-4-8-16-29(24)36/h1-17,20-21,28,34-35H,22H2/t28-,34+/m0/s1. The summed E-state index contributed by atoms with van der Waals surface area (Å²) in [5.74, 6) is 6.96. The molecular weight excluding hydrogens is 484 g/mol. The van der Waals surface area contributed by atoms with Gasteiger partial charge in [0.1, 0.15) is 0 Å². The van der Waals surface area contributed by atoms with Gasteiger partial charge in [0, 0.05) is 39.7 Å². The largest absolute Gasteiger partial charge is 0.318 e. The van der Waals surface area contributed by atoms with Gasteiger partial charge in [-0.1, -0.05) is 90.7 Å². The van der Waals surface area contributed by atoms with Gasteiger partial charge in [0.25, 0.3) is 0 Å². The van der Waals surface area contributed by atoms with Crippen molar-refractivity contribution in [3.05, 3.63) is 143 Å². The predicted octanol–water partition coefficient (Wildman–Crippen LogP) is 7.91. The van der Waals surface area contributed by atoms with Gasteiger partial charge in [0.15, 0.2) is 5.78 Å². The van der Waals surface area contributed by atoms with Gasteiger partial charge in [0.05, 0.1) is 16.4 Å². The molecule has 1 aliphatic rings. The van der Waals surface area contributed by atoms with Crippen LogP contribution in [0.25, 0.3) is 21.0 Å². The van der Waals surface area contributed by atoms with Crippen LogP contribution >= 0.6 is 11.3 Å². The van der Waals surface area contributed by atoms with Crippen LogP contribution in [0.5, 0.6) is 0 Å². The van der Waals surface area contributed by atoms with E-state index < -0.39 is 0 Å². The molecule has 0 amide bonds. The lowest BCUT2D eigenvalue weighted by molar-refractivity contribution is 0.0958. The molecule has 0 saturated carbocycles. The molecule has 0 unspecified atom stereocenters. The summed E-state index contributed by atoms with van der Waals surface area (Å²) < 4.78 is 3.29. The molecule has 2 heterocycles. The van der Waals surface area contributed by atoms with Crippen molar-refractivity contribution in [1.82, 2.24) is 4.68 Å². The molecule has 38 heavy (non-hydrogen) atoms. The zero-order valence-electron chi connectivity index (χ0n) is 20.6. The molecule has 1 aliphatic carbocycles. The van der Waals surface area contributed by atoms with Crippen molar-refractivity contribution < 1.29 is 4.79 Å². The average Bonchev–Trinajstić information content (AvgIpc) is 3.55. The molecule has 0 spiro atoms.